The van der Waals surface area contributed by atoms with Gasteiger partial charge in [-0.2, -0.15) is 5.10 Å². The number of nitrogens with one attached hydrogen (secondary N) is 2. The first-order valence-corrected chi connectivity index (χ1v) is 9.13. The molecule has 1 aromatic heterocycles. The Kier molecular flexibility index (Phi) is 5.96. The average Bonchev–Trinajstić information content (AvgIpc) is 2.68. The van der Waals surface area contributed by atoms with E-state index in [-0.39, 0.29) is 17.9 Å². The van der Waals surface area contributed by atoms with E-state index in [2.05, 4.69) is 46.8 Å². The van der Waals surface area contributed by atoms with Crippen molar-refractivity contribution in [3.63, 3.8) is 0 Å². The number of carbonyl (C=O) groups excluding carboxylic acids is 2. The Morgan fingerprint density at radius 1 is 1.19 bits per heavy atom. The van der Waals surface area contributed by atoms with Crippen LogP contribution >= 0.6 is 0 Å². The summed E-state index contributed by atoms with van der Waals surface area (Å²) in [5, 5.41) is 7.15. The van der Waals surface area contributed by atoms with Crippen LogP contribution in [0.25, 0.3) is 0 Å². The molecular formula is C21H24N4O2. The average molecular weight is 364 g/mol. The predicted octanol–water partition coefficient (Wildman–Crippen LogP) is 2.95. The van der Waals surface area contributed by atoms with Crippen molar-refractivity contribution in [2.75, 3.05) is 0 Å². The number of benzene rings is 1. The minimum atomic E-state index is -0.251. The quantitative estimate of drug-likeness (QED) is 0.827. The first kappa shape index (κ1) is 18.8. The first-order valence-electron chi connectivity index (χ1n) is 9.13. The number of carbonyl (C=O) groups is 2. The summed E-state index contributed by atoms with van der Waals surface area (Å²) < 4.78 is 0. The van der Waals surface area contributed by atoms with Crippen molar-refractivity contribution < 1.29 is 9.59 Å². The van der Waals surface area contributed by atoms with Crippen LogP contribution in [-0.2, 0) is 9.59 Å². The molecule has 1 atom stereocenters. The Morgan fingerprint density at radius 3 is 2.70 bits per heavy atom. The van der Waals surface area contributed by atoms with Crippen molar-refractivity contribution in [1.82, 2.24) is 15.7 Å². The highest BCUT2D eigenvalue weighted by atomic mass is 16.2. The third kappa shape index (κ3) is 5.00. The van der Waals surface area contributed by atoms with Gasteiger partial charge in [0.15, 0.2) is 0 Å². The SMILES string of the molecule is Cc1ccc(C(NC(=O)CCC2=NNC(=O)CC2)c2cccnc2)cc1C. The number of rotatable bonds is 6. The molecule has 2 aromatic rings. The van der Waals surface area contributed by atoms with Crippen LogP contribution in [0.4, 0.5) is 0 Å². The molecular weight excluding hydrogens is 340 g/mol. The number of hydrogen-bond acceptors (Lipinski definition) is 4. The van der Waals surface area contributed by atoms with Gasteiger partial charge in [-0.05, 0) is 55.0 Å². The van der Waals surface area contributed by atoms with Gasteiger partial charge in [0.05, 0.1) is 6.04 Å². The highest BCUT2D eigenvalue weighted by Crippen LogP contribution is 2.24. The molecule has 0 spiro atoms. The van der Waals surface area contributed by atoms with Gasteiger partial charge in [0.25, 0.3) is 0 Å². The molecule has 0 saturated carbocycles. The summed E-state index contributed by atoms with van der Waals surface area (Å²) in [5.41, 5.74) is 7.69. The Hall–Kier alpha value is -3.02. The smallest absolute Gasteiger partial charge is 0.240 e. The first-order chi connectivity index (χ1) is 13.0. The maximum absolute atomic E-state index is 12.6. The van der Waals surface area contributed by atoms with Crippen LogP contribution in [0.15, 0.2) is 47.8 Å². The van der Waals surface area contributed by atoms with E-state index in [9.17, 15) is 9.59 Å². The second-order valence-corrected chi connectivity index (χ2v) is 6.84. The van der Waals surface area contributed by atoms with E-state index in [1.807, 2.05) is 18.2 Å². The van der Waals surface area contributed by atoms with Gasteiger partial charge in [0.1, 0.15) is 0 Å². The molecule has 0 radical (unpaired) electrons. The maximum atomic E-state index is 12.6. The lowest BCUT2D eigenvalue weighted by Gasteiger charge is -2.21. The zero-order valence-corrected chi connectivity index (χ0v) is 15.7. The Bertz CT molecular complexity index is 862. The third-order valence-corrected chi connectivity index (χ3v) is 4.81. The second-order valence-electron chi connectivity index (χ2n) is 6.84. The summed E-state index contributed by atoms with van der Waals surface area (Å²) in [4.78, 5) is 27.9. The molecule has 6 heteroatoms. The van der Waals surface area contributed by atoms with Gasteiger partial charge in [-0.25, -0.2) is 5.43 Å². The minimum absolute atomic E-state index is 0.0540. The molecule has 0 bridgehead atoms. The van der Waals surface area contributed by atoms with Crippen LogP contribution < -0.4 is 10.7 Å². The predicted molar refractivity (Wildman–Crippen MR) is 104 cm³/mol. The summed E-state index contributed by atoms with van der Waals surface area (Å²) in [6, 6.07) is 9.80. The molecule has 140 valence electrons. The second kappa shape index (κ2) is 8.58. The summed E-state index contributed by atoms with van der Waals surface area (Å²) >= 11 is 0. The fraction of sp³-hybridized carbons (Fsp3) is 0.333. The van der Waals surface area contributed by atoms with Gasteiger partial charge in [0, 0.05) is 30.9 Å². The molecule has 1 unspecified atom stereocenters. The van der Waals surface area contributed by atoms with E-state index in [1.165, 1.54) is 11.1 Å². The number of amides is 2. The van der Waals surface area contributed by atoms with Gasteiger partial charge < -0.3 is 5.32 Å². The van der Waals surface area contributed by atoms with E-state index in [0.717, 1.165) is 16.8 Å². The number of nitrogens with zero attached hydrogens (tertiary/aromatic N) is 2. The molecule has 27 heavy (non-hydrogen) atoms. The van der Waals surface area contributed by atoms with Crippen molar-refractivity contribution in [1.29, 1.82) is 0 Å². The molecule has 0 saturated heterocycles. The summed E-state index contributed by atoms with van der Waals surface area (Å²) in [7, 11) is 0. The highest BCUT2D eigenvalue weighted by molar-refractivity contribution is 5.94. The van der Waals surface area contributed by atoms with Crippen LogP contribution in [0, 0.1) is 13.8 Å². The Balaban J connectivity index is 1.72. The molecule has 0 fully saturated rings. The normalized spacial score (nSPS) is 14.9. The van der Waals surface area contributed by atoms with Crippen molar-refractivity contribution in [2.24, 2.45) is 5.10 Å². The monoisotopic (exact) mass is 364 g/mol. The molecule has 1 aromatic carbocycles. The van der Waals surface area contributed by atoms with Gasteiger partial charge in [-0.15, -0.1) is 0 Å². The molecule has 1 aliphatic rings. The fourth-order valence-electron chi connectivity index (χ4n) is 3.03. The van der Waals surface area contributed by atoms with Gasteiger partial charge >= 0.3 is 0 Å². The highest BCUT2D eigenvalue weighted by Gasteiger charge is 2.19. The van der Waals surface area contributed by atoms with Crippen LogP contribution in [0.1, 0.15) is 54.0 Å². The van der Waals surface area contributed by atoms with Crippen molar-refractivity contribution in [2.45, 2.75) is 45.6 Å². The summed E-state index contributed by atoms with van der Waals surface area (Å²) in [6.45, 7) is 4.14. The molecule has 2 amide bonds. The topological polar surface area (TPSA) is 83.5 Å². The number of hydrogen-bond donors (Lipinski definition) is 2. The number of aryl methyl sites for hydroxylation is 2. The largest absolute Gasteiger partial charge is 0.345 e. The van der Waals surface area contributed by atoms with Crippen LogP contribution in [0.5, 0.6) is 0 Å². The molecule has 2 N–H and O–H groups in total. The zero-order chi connectivity index (χ0) is 19.2. The van der Waals surface area contributed by atoms with Gasteiger partial charge in [0.2, 0.25) is 11.8 Å². The van der Waals surface area contributed by atoms with Crippen molar-refractivity contribution >= 4 is 17.5 Å². The van der Waals surface area contributed by atoms with E-state index in [1.54, 1.807) is 12.4 Å². The minimum Gasteiger partial charge on any atom is -0.345 e. The molecule has 0 aliphatic carbocycles. The van der Waals surface area contributed by atoms with E-state index < -0.39 is 0 Å². The zero-order valence-electron chi connectivity index (χ0n) is 15.7. The molecule has 3 rings (SSSR count). The van der Waals surface area contributed by atoms with Crippen molar-refractivity contribution in [3.8, 4) is 0 Å². The summed E-state index contributed by atoms with van der Waals surface area (Å²) in [6.07, 6.45) is 5.41. The standard InChI is InChI=1S/C21H24N4O2/c1-14-5-6-16(12-15(14)2)21(17-4-3-11-22-13-17)23-19(26)9-7-18-8-10-20(27)25-24-18/h3-6,11-13,21H,7-10H2,1-2H3,(H,23,26)(H,25,27). The Labute approximate surface area is 159 Å². The van der Waals surface area contributed by atoms with Crippen molar-refractivity contribution in [3.05, 3.63) is 65.0 Å². The number of hydrazone groups is 1. The third-order valence-electron chi connectivity index (χ3n) is 4.81. The van der Waals surface area contributed by atoms with Crippen LogP contribution in [0.2, 0.25) is 0 Å². The Morgan fingerprint density at radius 2 is 2.04 bits per heavy atom. The maximum Gasteiger partial charge on any atom is 0.240 e. The lowest BCUT2D eigenvalue weighted by atomic mass is 9.96. The van der Waals surface area contributed by atoms with Gasteiger partial charge in [-0.3, -0.25) is 14.6 Å². The van der Waals surface area contributed by atoms with Crippen LogP contribution in [0.3, 0.4) is 0 Å². The molecule has 6 nitrogen and oxygen atoms in total. The summed E-state index contributed by atoms with van der Waals surface area (Å²) in [5.74, 6) is -0.128. The molecule has 2 heterocycles. The number of pyridine rings is 1. The fourth-order valence-corrected chi connectivity index (χ4v) is 3.03. The van der Waals surface area contributed by atoms with E-state index in [0.29, 0.717) is 25.7 Å². The molecule has 1 aliphatic heterocycles. The number of aromatic nitrogens is 1. The van der Waals surface area contributed by atoms with Gasteiger partial charge in [-0.1, -0.05) is 24.3 Å². The lowest BCUT2D eigenvalue weighted by Crippen LogP contribution is -2.31. The van der Waals surface area contributed by atoms with Crippen LogP contribution in [-0.4, -0.2) is 22.5 Å². The van der Waals surface area contributed by atoms with E-state index >= 15 is 0 Å². The van der Waals surface area contributed by atoms with E-state index in [4.69, 9.17) is 0 Å². The lowest BCUT2D eigenvalue weighted by molar-refractivity contribution is -0.121.